The number of aromatic nitrogens is 3. The Morgan fingerprint density at radius 1 is 1.30 bits per heavy atom. The molecule has 1 aliphatic rings. The number of benzene rings is 1. The van der Waals surface area contributed by atoms with Crippen molar-refractivity contribution >= 4 is 46.2 Å². The van der Waals surface area contributed by atoms with Crippen LogP contribution in [0.2, 0.25) is 0 Å². The molecule has 9 nitrogen and oxygen atoms in total. The molecule has 4 N–H and O–H groups in total. The smallest absolute Gasteiger partial charge is 0.305 e. The van der Waals surface area contributed by atoms with Gasteiger partial charge >= 0.3 is 5.97 Å². The molecule has 0 fully saturated rings. The third-order valence-electron chi connectivity index (χ3n) is 4.82. The number of hydrogen-bond acceptors (Lipinski definition) is 6. The third kappa shape index (κ3) is 3.73. The zero-order chi connectivity index (χ0) is 21.1. The zero-order valence-corrected chi connectivity index (χ0v) is 16.8. The number of anilines is 2. The molecule has 9 heteroatoms. The number of carbonyl (C=O) groups is 2. The minimum atomic E-state index is -0.208. The first-order chi connectivity index (χ1) is 14.6. The van der Waals surface area contributed by atoms with Crippen molar-refractivity contribution in [2.75, 3.05) is 30.9 Å². The number of rotatable bonds is 8. The van der Waals surface area contributed by atoms with Gasteiger partial charge in [0.05, 0.1) is 36.2 Å². The highest BCUT2D eigenvalue weighted by Gasteiger charge is 2.28. The number of nitrogens with one attached hydrogen (secondary N) is 4. The number of methoxy groups -OCH3 is 1. The van der Waals surface area contributed by atoms with Crippen LogP contribution in [0.3, 0.4) is 0 Å². The molecule has 0 aliphatic carbocycles. The summed E-state index contributed by atoms with van der Waals surface area (Å²) in [6, 6.07) is 5.53. The molecule has 0 unspecified atom stereocenters. The average Bonchev–Trinajstić information content (AvgIpc) is 3.42. The van der Waals surface area contributed by atoms with Gasteiger partial charge in [0.25, 0.3) is 5.91 Å². The van der Waals surface area contributed by atoms with E-state index in [0.29, 0.717) is 60.2 Å². The number of fused-ring (bicyclic) bond motifs is 3. The lowest BCUT2D eigenvalue weighted by Gasteiger charge is -2.03. The molecule has 156 valence electrons. The molecule has 1 amide bonds. The summed E-state index contributed by atoms with van der Waals surface area (Å²) in [5.74, 6) is 0.835. The van der Waals surface area contributed by atoms with Crippen molar-refractivity contribution in [2.24, 2.45) is 0 Å². The summed E-state index contributed by atoms with van der Waals surface area (Å²) >= 11 is 0. The van der Waals surface area contributed by atoms with Gasteiger partial charge in [0.1, 0.15) is 11.3 Å². The fraction of sp³-hybridized carbons (Fsp3) is 0.286. The van der Waals surface area contributed by atoms with E-state index in [9.17, 15) is 9.59 Å². The molecule has 0 bridgehead atoms. The van der Waals surface area contributed by atoms with Crippen molar-refractivity contribution in [3.05, 3.63) is 35.7 Å². The number of aromatic amines is 2. The van der Waals surface area contributed by atoms with E-state index < -0.39 is 0 Å². The largest absolute Gasteiger partial charge is 0.495 e. The van der Waals surface area contributed by atoms with Crippen molar-refractivity contribution in [3.63, 3.8) is 0 Å². The number of H-pyrrole nitrogens is 2. The van der Waals surface area contributed by atoms with E-state index in [2.05, 4.69) is 25.6 Å². The second-order valence-corrected chi connectivity index (χ2v) is 6.78. The normalized spacial score (nSPS) is 14.1. The van der Waals surface area contributed by atoms with Gasteiger partial charge in [-0.2, -0.15) is 0 Å². The lowest BCUT2D eigenvalue weighted by Crippen LogP contribution is -2.08. The van der Waals surface area contributed by atoms with Crippen LogP contribution < -0.4 is 15.4 Å². The zero-order valence-electron chi connectivity index (χ0n) is 16.8. The monoisotopic (exact) mass is 409 g/mol. The van der Waals surface area contributed by atoms with Crippen LogP contribution in [0.4, 0.5) is 11.6 Å². The number of amides is 1. The second kappa shape index (κ2) is 8.32. The molecule has 1 aliphatic heterocycles. The molecule has 0 spiro atoms. The van der Waals surface area contributed by atoms with E-state index in [-0.39, 0.29) is 11.9 Å². The summed E-state index contributed by atoms with van der Waals surface area (Å²) in [6.45, 7) is 2.75. The Hall–Kier alpha value is -3.75. The van der Waals surface area contributed by atoms with Gasteiger partial charge in [-0.05, 0) is 37.6 Å². The van der Waals surface area contributed by atoms with E-state index in [0.717, 1.165) is 11.1 Å². The van der Waals surface area contributed by atoms with Gasteiger partial charge in [-0.1, -0.05) is 0 Å². The molecule has 0 atom stereocenters. The van der Waals surface area contributed by atoms with Gasteiger partial charge < -0.3 is 30.1 Å². The minimum absolute atomic E-state index is 0.193. The molecule has 1 aromatic carbocycles. The predicted molar refractivity (Wildman–Crippen MR) is 114 cm³/mol. The van der Waals surface area contributed by atoms with Crippen molar-refractivity contribution < 1.29 is 19.1 Å². The molecule has 2 aromatic heterocycles. The van der Waals surface area contributed by atoms with Crippen molar-refractivity contribution in [2.45, 2.75) is 19.8 Å². The maximum absolute atomic E-state index is 12.6. The van der Waals surface area contributed by atoms with E-state index >= 15 is 0 Å². The topological polar surface area (TPSA) is 121 Å². The Bertz CT molecular complexity index is 1130. The van der Waals surface area contributed by atoms with Crippen LogP contribution >= 0.6 is 0 Å². The van der Waals surface area contributed by atoms with Gasteiger partial charge in [0.15, 0.2) is 0 Å². The summed E-state index contributed by atoms with van der Waals surface area (Å²) < 4.78 is 10.3. The van der Waals surface area contributed by atoms with Gasteiger partial charge in [-0.25, -0.2) is 4.98 Å². The van der Waals surface area contributed by atoms with Crippen LogP contribution in [0.1, 0.15) is 31.0 Å². The molecule has 3 heterocycles. The van der Waals surface area contributed by atoms with E-state index in [1.54, 1.807) is 32.4 Å². The molecule has 3 aromatic rings. The van der Waals surface area contributed by atoms with Gasteiger partial charge in [0, 0.05) is 24.7 Å². The van der Waals surface area contributed by atoms with E-state index in [1.807, 2.05) is 12.1 Å². The maximum atomic E-state index is 12.6. The Kier molecular flexibility index (Phi) is 5.42. The Balaban J connectivity index is 1.58. The van der Waals surface area contributed by atoms with Crippen LogP contribution in [0.25, 0.3) is 22.7 Å². The lowest BCUT2D eigenvalue weighted by molar-refractivity contribution is -0.143. The fourth-order valence-corrected chi connectivity index (χ4v) is 3.45. The summed E-state index contributed by atoms with van der Waals surface area (Å²) in [4.78, 5) is 35.0. The first-order valence-electron chi connectivity index (χ1n) is 9.77. The van der Waals surface area contributed by atoms with Crippen molar-refractivity contribution in [1.82, 2.24) is 15.0 Å². The maximum Gasteiger partial charge on any atom is 0.305 e. The predicted octanol–water partition coefficient (Wildman–Crippen LogP) is 3.15. The first-order valence-corrected chi connectivity index (χ1v) is 9.77. The quantitative estimate of drug-likeness (QED) is 0.258. The average molecular weight is 409 g/mol. The molecule has 0 radical (unpaired) electrons. The number of imidazole rings is 1. The molecular formula is C21H23N5O4. The molecular weight excluding hydrogens is 386 g/mol. The van der Waals surface area contributed by atoms with Crippen LogP contribution in [-0.4, -0.2) is 47.1 Å². The standard InChI is InChI=1S/C21H23N5O4/c1-3-30-17(27)5-4-9-23-21-25-14-7-6-13-18(19(14)26-21)12(20(28)24-13)11-15-16(29-2)8-10-22-15/h6-8,10-11,22H,3-5,9H2,1-2H3,(H,24,28)(H2,23,25,26). The number of ether oxygens (including phenoxy) is 2. The second-order valence-electron chi connectivity index (χ2n) is 6.78. The molecule has 30 heavy (non-hydrogen) atoms. The number of esters is 1. The van der Waals surface area contributed by atoms with E-state index in [4.69, 9.17) is 9.47 Å². The van der Waals surface area contributed by atoms with E-state index in [1.165, 1.54) is 0 Å². The fourth-order valence-electron chi connectivity index (χ4n) is 3.45. The van der Waals surface area contributed by atoms with Crippen LogP contribution in [-0.2, 0) is 14.3 Å². The third-order valence-corrected chi connectivity index (χ3v) is 4.82. The Labute approximate surface area is 172 Å². The van der Waals surface area contributed by atoms with Crippen molar-refractivity contribution in [1.29, 1.82) is 0 Å². The van der Waals surface area contributed by atoms with Gasteiger partial charge in [-0.15, -0.1) is 0 Å². The number of carbonyl (C=O) groups excluding carboxylic acids is 2. The summed E-state index contributed by atoms with van der Waals surface area (Å²) in [5, 5.41) is 6.08. The van der Waals surface area contributed by atoms with Crippen LogP contribution in [0.15, 0.2) is 24.4 Å². The van der Waals surface area contributed by atoms with Gasteiger partial charge in [0.2, 0.25) is 5.95 Å². The highest BCUT2D eigenvalue weighted by Crippen LogP contribution is 2.39. The van der Waals surface area contributed by atoms with Crippen LogP contribution in [0.5, 0.6) is 5.75 Å². The molecule has 4 rings (SSSR count). The van der Waals surface area contributed by atoms with Crippen molar-refractivity contribution in [3.8, 4) is 5.75 Å². The Morgan fingerprint density at radius 3 is 2.97 bits per heavy atom. The molecule has 0 saturated carbocycles. The number of nitrogens with zero attached hydrogens (tertiary/aromatic N) is 1. The highest BCUT2D eigenvalue weighted by atomic mass is 16.5. The van der Waals surface area contributed by atoms with Gasteiger partial charge in [-0.3, -0.25) is 9.59 Å². The lowest BCUT2D eigenvalue weighted by atomic mass is 10.0. The summed E-state index contributed by atoms with van der Waals surface area (Å²) in [6.07, 6.45) is 4.50. The highest BCUT2D eigenvalue weighted by molar-refractivity contribution is 6.37. The first kappa shape index (κ1) is 19.6. The SMILES string of the molecule is CCOC(=O)CCCNc1nc2c3c(ccc2[nH]1)NC(=O)C3=Cc1[nH]ccc1OC. The summed E-state index contributed by atoms with van der Waals surface area (Å²) in [7, 11) is 1.58. The Morgan fingerprint density at radius 2 is 2.17 bits per heavy atom. The minimum Gasteiger partial charge on any atom is -0.495 e. The molecule has 0 saturated heterocycles. The number of hydrogen-bond donors (Lipinski definition) is 4. The van der Waals surface area contributed by atoms with Crippen LogP contribution in [0, 0.1) is 0 Å². The summed E-state index contributed by atoms with van der Waals surface area (Å²) in [5.41, 5.74) is 4.17.